The van der Waals surface area contributed by atoms with Crippen LogP contribution in [-0.4, -0.2) is 35.6 Å². The molecule has 3 aliphatic rings. The quantitative estimate of drug-likeness (QED) is 0.866. The lowest BCUT2D eigenvalue weighted by atomic mass is 9.84. The summed E-state index contributed by atoms with van der Waals surface area (Å²) >= 11 is 1.74. The van der Waals surface area contributed by atoms with Gasteiger partial charge in [-0.2, -0.15) is 0 Å². The van der Waals surface area contributed by atoms with Crippen LogP contribution in [-0.2, 0) is 6.54 Å². The van der Waals surface area contributed by atoms with Gasteiger partial charge in [0.1, 0.15) is 0 Å². The Kier molecular flexibility index (Phi) is 2.96. The fraction of sp³-hybridized carbons (Fsp3) is 0.750. The van der Waals surface area contributed by atoms with Crippen LogP contribution < -0.4 is 5.32 Å². The van der Waals surface area contributed by atoms with Crippen LogP contribution in [0, 0.1) is 12.8 Å². The predicted octanol–water partition coefficient (Wildman–Crippen LogP) is 1.64. The van der Waals surface area contributed by atoms with Gasteiger partial charge in [0.2, 0.25) is 0 Å². The van der Waals surface area contributed by atoms with Crippen molar-refractivity contribution in [2.75, 3.05) is 19.6 Å². The summed E-state index contributed by atoms with van der Waals surface area (Å²) in [5.41, 5.74) is 1.21. The molecule has 1 aromatic rings. The van der Waals surface area contributed by atoms with E-state index in [0.29, 0.717) is 6.04 Å². The smallest absolute Gasteiger partial charge is 0.0897 e. The second kappa shape index (κ2) is 4.43. The number of aromatic nitrogens is 1. The second-order valence-corrected chi connectivity index (χ2v) is 6.05. The van der Waals surface area contributed by atoms with Gasteiger partial charge in [0.15, 0.2) is 0 Å². The largest absolute Gasteiger partial charge is 0.307 e. The average molecular weight is 237 g/mol. The summed E-state index contributed by atoms with van der Waals surface area (Å²) in [5.74, 6) is 0.907. The Bertz CT molecular complexity index is 355. The van der Waals surface area contributed by atoms with E-state index in [1.165, 1.54) is 43.2 Å². The first-order chi connectivity index (χ1) is 7.81. The van der Waals surface area contributed by atoms with E-state index in [4.69, 9.17) is 0 Å². The first kappa shape index (κ1) is 10.7. The van der Waals surface area contributed by atoms with Gasteiger partial charge >= 0.3 is 0 Å². The molecule has 1 aromatic heterocycles. The fourth-order valence-corrected chi connectivity index (χ4v) is 3.53. The number of nitrogens with one attached hydrogen (secondary N) is 1. The molecule has 16 heavy (non-hydrogen) atoms. The van der Waals surface area contributed by atoms with E-state index in [1.54, 1.807) is 11.3 Å². The minimum absolute atomic E-state index is 0.699. The standard InChI is InChI=1S/C12H19N3S/c1-9-14-11(8-16-9)6-13-12-7-15-4-2-10(12)3-5-15/h8,10,12-13H,2-7H2,1H3. The van der Waals surface area contributed by atoms with E-state index in [1.807, 2.05) is 0 Å². The van der Waals surface area contributed by atoms with Crippen LogP contribution in [0.25, 0.3) is 0 Å². The molecule has 1 N–H and O–H groups in total. The van der Waals surface area contributed by atoms with Crippen LogP contribution >= 0.6 is 11.3 Å². The molecule has 0 spiro atoms. The van der Waals surface area contributed by atoms with E-state index in [9.17, 15) is 0 Å². The highest BCUT2D eigenvalue weighted by Gasteiger charge is 2.33. The first-order valence-electron chi connectivity index (χ1n) is 6.18. The summed E-state index contributed by atoms with van der Waals surface area (Å²) in [7, 11) is 0. The van der Waals surface area contributed by atoms with Crippen molar-refractivity contribution in [2.24, 2.45) is 5.92 Å². The average Bonchev–Trinajstić information content (AvgIpc) is 2.74. The molecule has 0 aliphatic carbocycles. The monoisotopic (exact) mass is 237 g/mol. The number of fused-ring (bicyclic) bond motifs is 3. The van der Waals surface area contributed by atoms with Crippen molar-refractivity contribution in [3.63, 3.8) is 0 Å². The van der Waals surface area contributed by atoms with Crippen molar-refractivity contribution in [2.45, 2.75) is 32.4 Å². The topological polar surface area (TPSA) is 28.2 Å². The summed E-state index contributed by atoms with van der Waals surface area (Å²) in [6.45, 7) is 6.90. The predicted molar refractivity (Wildman–Crippen MR) is 66.6 cm³/mol. The Balaban J connectivity index is 1.55. The molecule has 0 amide bonds. The molecular weight excluding hydrogens is 218 g/mol. The molecule has 4 heteroatoms. The fourth-order valence-electron chi connectivity index (χ4n) is 2.92. The van der Waals surface area contributed by atoms with Gasteiger partial charge in [0.25, 0.3) is 0 Å². The number of aryl methyl sites for hydroxylation is 1. The highest BCUT2D eigenvalue weighted by Crippen LogP contribution is 2.27. The van der Waals surface area contributed by atoms with Gasteiger partial charge in [-0.1, -0.05) is 0 Å². The molecule has 3 saturated heterocycles. The number of hydrogen-bond donors (Lipinski definition) is 1. The van der Waals surface area contributed by atoms with Gasteiger partial charge in [-0.3, -0.25) is 0 Å². The van der Waals surface area contributed by atoms with Crippen LogP contribution in [0.5, 0.6) is 0 Å². The SMILES string of the molecule is Cc1nc(CNC2CN3CCC2CC3)cs1. The molecule has 0 saturated carbocycles. The second-order valence-electron chi connectivity index (χ2n) is 4.98. The molecule has 1 atom stereocenters. The van der Waals surface area contributed by atoms with Crippen LogP contribution in [0.15, 0.2) is 5.38 Å². The zero-order valence-corrected chi connectivity index (χ0v) is 10.6. The van der Waals surface area contributed by atoms with Crippen molar-refractivity contribution in [1.82, 2.24) is 15.2 Å². The molecule has 0 radical (unpaired) electrons. The summed E-state index contributed by atoms with van der Waals surface area (Å²) < 4.78 is 0. The first-order valence-corrected chi connectivity index (χ1v) is 7.06. The van der Waals surface area contributed by atoms with Gasteiger partial charge in [0.05, 0.1) is 10.7 Å². The molecule has 0 aromatic carbocycles. The van der Waals surface area contributed by atoms with Crippen molar-refractivity contribution < 1.29 is 0 Å². The third-order valence-corrected chi connectivity index (χ3v) is 4.69. The summed E-state index contributed by atoms with van der Waals surface area (Å²) in [5, 5.41) is 7.03. The Morgan fingerprint density at radius 3 is 2.88 bits per heavy atom. The summed E-state index contributed by atoms with van der Waals surface area (Å²) in [4.78, 5) is 7.09. The highest BCUT2D eigenvalue weighted by atomic mass is 32.1. The summed E-state index contributed by atoms with van der Waals surface area (Å²) in [6.07, 6.45) is 2.77. The van der Waals surface area contributed by atoms with E-state index >= 15 is 0 Å². The van der Waals surface area contributed by atoms with E-state index in [-0.39, 0.29) is 0 Å². The minimum atomic E-state index is 0.699. The number of piperidine rings is 3. The highest BCUT2D eigenvalue weighted by molar-refractivity contribution is 7.09. The number of thiazole rings is 1. The molecule has 2 bridgehead atoms. The lowest BCUT2D eigenvalue weighted by Gasteiger charge is -2.45. The minimum Gasteiger partial charge on any atom is -0.307 e. The van der Waals surface area contributed by atoms with E-state index < -0.39 is 0 Å². The summed E-state index contributed by atoms with van der Waals surface area (Å²) in [6, 6.07) is 0.699. The molecule has 3 fully saturated rings. The Labute approximate surface area is 101 Å². The third kappa shape index (κ3) is 2.14. The van der Waals surface area contributed by atoms with Crippen molar-refractivity contribution in [3.05, 3.63) is 16.1 Å². The van der Waals surface area contributed by atoms with E-state index in [2.05, 4.69) is 27.5 Å². The zero-order chi connectivity index (χ0) is 11.0. The number of hydrogen-bond acceptors (Lipinski definition) is 4. The molecule has 4 heterocycles. The van der Waals surface area contributed by atoms with Gasteiger partial charge in [-0.15, -0.1) is 11.3 Å². The van der Waals surface area contributed by atoms with Gasteiger partial charge in [-0.05, 0) is 38.8 Å². The zero-order valence-electron chi connectivity index (χ0n) is 9.78. The molecule has 3 nitrogen and oxygen atoms in total. The Morgan fingerprint density at radius 2 is 2.31 bits per heavy atom. The third-order valence-electron chi connectivity index (χ3n) is 3.87. The van der Waals surface area contributed by atoms with Crippen LogP contribution in [0.3, 0.4) is 0 Å². The number of rotatable bonds is 3. The van der Waals surface area contributed by atoms with Gasteiger partial charge < -0.3 is 10.2 Å². The van der Waals surface area contributed by atoms with E-state index in [0.717, 1.165) is 12.5 Å². The normalized spacial score (nSPS) is 33.2. The molecule has 4 rings (SSSR count). The molecule has 1 unspecified atom stereocenters. The lowest BCUT2D eigenvalue weighted by molar-refractivity contribution is 0.0719. The van der Waals surface area contributed by atoms with Crippen molar-refractivity contribution in [1.29, 1.82) is 0 Å². The number of nitrogens with zero attached hydrogens (tertiary/aromatic N) is 2. The lowest BCUT2D eigenvalue weighted by Crippen LogP contribution is -2.55. The van der Waals surface area contributed by atoms with Gasteiger partial charge in [0, 0.05) is 24.5 Å². The molecule has 88 valence electrons. The van der Waals surface area contributed by atoms with Crippen LogP contribution in [0.4, 0.5) is 0 Å². The molecular formula is C12H19N3S. The Hall–Kier alpha value is -0.450. The maximum atomic E-state index is 4.50. The Morgan fingerprint density at radius 1 is 1.50 bits per heavy atom. The van der Waals surface area contributed by atoms with Crippen molar-refractivity contribution in [3.8, 4) is 0 Å². The maximum absolute atomic E-state index is 4.50. The van der Waals surface area contributed by atoms with Crippen LogP contribution in [0.1, 0.15) is 23.5 Å². The molecule has 3 aliphatic heterocycles. The maximum Gasteiger partial charge on any atom is 0.0897 e. The van der Waals surface area contributed by atoms with Crippen molar-refractivity contribution >= 4 is 11.3 Å². The van der Waals surface area contributed by atoms with Crippen LogP contribution in [0.2, 0.25) is 0 Å². The van der Waals surface area contributed by atoms with Gasteiger partial charge in [-0.25, -0.2) is 4.98 Å².